The maximum Gasteiger partial charge on any atom is 0.303 e. The van der Waals surface area contributed by atoms with Crippen LogP contribution in [0, 0.1) is 0 Å². The molecule has 2 saturated heterocycles. The molecule has 4 heterocycles. The molecule has 0 bridgehead atoms. The molecule has 342 valence electrons. The Kier molecular flexibility index (Phi) is 16.0. The van der Waals surface area contributed by atoms with Crippen molar-refractivity contribution in [2.75, 3.05) is 26.4 Å². The summed E-state index contributed by atoms with van der Waals surface area (Å²) >= 11 is 0. The third-order valence-electron chi connectivity index (χ3n) is 9.64. The van der Waals surface area contributed by atoms with Crippen LogP contribution in [0.2, 0.25) is 0 Å². The molecule has 0 aliphatic carbocycles. The van der Waals surface area contributed by atoms with Crippen molar-refractivity contribution < 1.29 is 85.6 Å². The molecule has 6 rings (SSSR count). The predicted molar refractivity (Wildman–Crippen MR) is 217 cm³/mol. The number of fused-ring (bicyclic) bond motifs is 2. The van der Waals surface area contributed by atoms with E-state index in [2.05, 4.69) is 9.97 Å². The zero-order valence-corrected chi connectivity index (χ0v) is 35.8. The summed E-state index contributed by atoms with van der Waals surface area (Å²) in [6, 6.07) is 17.8. The number of benzene rings is 2. The fraction of sp³-hybridized carbons (Fsp3) is 0.455. The summed E-state index contributed by atoms with van der Waals surface area (Å²) in [5.41, 5.74) is 1.08. The summed E-state index contributed by atoms with van der Waals surface area (Å²) in [7, 11) is 0. The number of hydrogen-bond acceptors (Lipinski definition) is 20. The summed E-state index contributed by atoms with van der Waals surface area (Å²) in [6.45, 7) is 5.50. The number of pyridine rings is 2. The highest BCUT2D eigenvalue weighted by Crippen LogP contribution is 2.34. The van der Waals surface area contributed by atoms with Crippen molar-refractivity contribution in [1.82, 2.24) is 9.97 Å². The first kappa shape index (κ1) is 47.0. The molecule has 2 aromatic carbocycles. The van der Waals surface area contributed by atoms with Crippen LogP contribution in [0.4, 0.5) is 0 Å². The Labute approximate surface area is 366 Å². The summed E-state index contributed by atoms with van der Waals surface area (Å²) in [4.78, 5) is 83.5. The van der Waals surface area contributed by atoms with Gasteiger partial charge in [-0.05, 0) is 24.3 Å². The number of esters is 6. The van der Waals surface area contributed by atoms with E-state index in [1.54, 1.807) is 48.8 Å². The number of hydrogen-bond donors (Lipinski definition) is 0. The monoisotopic (exact) mass is 892 g/mol. The molecule has 2 aliphatic rings. The highest BCUT2D eigenvalue weighted by atomic mass is 16.8. The van der Waals surface area contributed by atoms with Crippen LogP contribution in [0.25, 0.3) is 21.8 Å². The summed E-state index contributed by atoms with van der Waals surface area (Å²) < 4.78 is 70.5. The van der Waals surface area contributed by atoms with Gasteiger partial charge >= 0.3 is 35.8 Å². The van der Waals surface area contributed by atoms with Gasteiger partial charge in [-0.1, -0.05) is 36.4 Å². The number of para-hydroxylation sites is 2. The molecule has 20 nitrogen and oxygen atoms in total. The van der Waals surface area contributed by atoms with E-state index in [-0.39, 0.29) is 26.4 Å². The van der Waals surface area contributed by atoms with Crippen LogP contribution in [0.3, 0.4) is 0 Å². The Balaban J connectivity index is 1.24. The van der Waals surface area contributed by atoms with Gasteiger partial charge in [-0.3, -0.25) is 38.7 Å². The third-order valence-corrected chi connectivity index (χ3v) is 9.64. The van der Waals surface area contributed by atoms with Crippen LogP contribution in [0.1, 0.15) is 41.5 Å². The standard InChI is InChI=1S/C44H48N2O18/c1-23(47)57-37-33(21-55-31-15-7-11-29-13-9-17-45-35(29)31)63-43(41(61-27(5)51)39(37)59-25(3)49)53-19-20-54-44-42(62-28(6)52)40(60-26(4)50)38(58-24(2)48)34(64-44)22-56-32-16-8-12-30-14-10-18-46-36(30)32/h7-18,33-34,37-44H,19-22H2,1-6H3/t33-,34-,37-,38-,39+,40+,41-,42-,43-,44-/m1/s1. The number of rotatable bonds is 17. The van der Waals surface area contributed by atoms with Gasteiger partial charge in [0.05, 0.1) is 13.2 Å². The van der Waals surface area contributed by atoms with E-state index in [4.69, 9.17) is 56.8 Å². The Hall–Kier alpha value is -6.48. The van der Waals surface area contributed by atoms with Crippen molar-refractivity contribution in [3.8, 4) is 11.5 Å². The van der Waals surface area contributed by atoms with Crippen molar-refractivity contribution in [1.29, 1.82) is 0 Å². The Morgan fingerprint density at radius 1 is 0.453 bits per heavy atom. The molecule has 0 amide bonds. The summed E-state index contributed by atoms with van der Waals surface area (Å²) in [5.74, 6) is -3.97. The molecule has 2 aliphatic heterocycles. The van der Waals surface area contributed by atoms with Crippen LogP contribution in [-0.4, -0.2) is 134 Å². The van der Waals surface area contributed by atoms with Crippen LogP contribution < -0.4 is 9.47 Å². The van der Waals surface area contributed by atoms with Gasteiger partial charge < -0.3 is 56.8 Å². The van der Waals surface area contributed by atoms with Gasteiger partial charge in [0.1, 0.15) is 48.0 Å². The van der Waals surface area contributed by atoms with Crippen molar-refractivity contribution >= 4 is 57.6 Å². The van der Waals surface area contributed by atoms with Gasteiger partial charge in [-0.2, -0.15) is 0 Å². The first-order valence-electron chi connectivity index (χ1n) is 20.2. The second-order valence-electron chi connectivity index (χ2n) is 14.6. The Bertz CT molecular complexity index is 2140. The molecular weight excluding hydrogens is 844 g/mol. The highest BCUT2D eigenvalue weighted by molar-refractivity contribution is 5.85. The number of nitrogens with zero attached hydrogens (tertiary/aromatic N) is 2. The molecule has 2 fully saturated rings. The predicted octanol–water partition coefficient (Wildman–Crippen LogP) is 3.31. The van der Waals surface area contributed by atoms with Gasteiger partial charge in [-0.25, -0.2) is 0 Å². The van der Waals surface area contributed by atoms with E-state index in [0.29, 0.717) is 22.5 Å². The lowest BCUT2D eigenvalue weighted by atomic mass is 9.98. The van der Waals surface area contributed by atoms with Crippen LogP contribution in [-0.2, 0) is 76.1 Å². The minimum atomic E-state index is -1.49. The van der Waals surface area contributed by atoms with Gasteiger partial charge in [0.25, 0.3) is 0 Å². The van der Waals surface area contributed by atoms with E-state index in [0.717, 1.165) is 52.3 Å². The molecule has 20 heteroatoms. The van der Waals surface area contributed by atoms with E-state index in [9.17, 15) is 28.8 Å². The first-order valence-corrected chi connectivity index (χ1v) is 20.2. The smallest absolute Gasteiger partial charge is 0.303 e. The number of carbonyl (C=O) groups is 6. The molecule has 0 radical (unpaired) electrons. The van der Waals surface area contributed by atoms with Gasteiger partial charge in [0.15, 0.2) is 49.2 Å². The van der Waals surface area contributed by atoms with Crippen LogP contribution in [0.5, 0.6) is 11.5 Å². The minimum Gasteiger partial charge on any atom is -0.488 e. The Morgan fingerprint density at radius 3 is 1.14 bits per heavy atom. The quantitative estimate of drug-likeness (QED) is 0.0839. The van der Waals surface area contributed by atoms with Crippen molar-refractivity contribution in [3.05, 3.63) is 73.1 Å². The molecule has 64 heavy (non-hydrogen) atoms. The number of aromatic nitrogens is 2. The molecule has 2 aromatic heterocycles. The fourth-order valence-electron chi connectivity index (χ4n) is 7.30. The summed E-state index contributed by atoms with van der Waals surface area (Å²) in [6.07, 6.45) is -10.7. The number of ether oxygens (including phenoxy) is 12. The van der Waals surface area contributed by atoms with Gasteiger partial charge in [-0.15, -0.1) is 0 Å². The molecule has 4 aromatic rings. The molecule has 0 N–H and O–H groups in total. The zero-order valence-electron chi connectivity index (χ0n) is 35.8. The second kappa shape index (κ2) is 21.7. The normalized spacial score (nSPS) is 25.3. The van der Waals surface area contributed by atoms with Crippen molar-refractivity contribution in [2.24, 2.45) is 0 Å². The molecule has 0 saturated carbocycles. The van der Waals surface area contributed by atoms with Crippen molar-refractivity contribution in [3.63, 3.8) is 0 Å². The van der Waals surface area contributed by atoms with Crippen LogP contribution >= 0.6 is 0 Å². The second-order valence-corrected chi connectivity index (χ2v) is 14.6. The lowest BCUT2D eigenvalue weighted by molar-refractivity contribution is -0.321. The highest BCUT2D eigenvalue weighted by Gasteiger charge is 2.54. The largest absolute Gasteiger partial charge is 0.488 e. The summed E-state index contributed by atoms with van der Waals surface area (Å²) in [5, 5.41) is 1.57. The Morgan fingerprint density at radius 2 is 0.781 bits per heavy atom. The molecule has 10 atom stereocenters. The average Bonchev–Trinajstić information content (AvgIpc) is 3.23. The van der Waals surface area contributed by atoms with Crippen molar-refractivity contribution in [2.45, 2.75) is 103 Å². The van der Waals surface area contributed by atoms with Crippen LogP contribution in [0.15, 0.2) is 73.1 Å². The first-order chi connectivity index (χ1) is 30.7. The van der Waals surface area contributed by atoms with E-state index >= 15 is 0 Å². The maximum atomic E-state index is 12.5. The van der Waals surface area contributed by atoms with E-state index in [1.807, 2.05) is 24.3 Å². The maximum absolute atomic E-state index is 12.5. The average molecular weight is 893 g/mol. The van der Waals surface area contributed by atoms with Gasteiger partial charge in [0.2, 0.25) is 0 Å². The minimum absolute atomic E-state index is 0.284. The molecular formula is C44H48N2O18. The van der Waals surface area contributed by atoms with E-state index < -0.39 is 97.2 Å². The SMILES string of the molecule is CC(=O)O[C@@H]1[C@@H](OC(C)=O)[C@H](OCCO[C@@H]2O[C@H](COc3cccc4cccnc34)[C@@H](OC(C)=O)[C@H](OC(C)=O)[C@H]2OC(C)=O)O[C@H](COc2cccc3cccnc23)[C@H]1OC(C)=O. The zero-order chi connectivity index (χ0) is 45.9. The lowest BCUT2D eigenvalue weighted by Gasteiger charge is -2.44. The fourth-order valence-corrected chi connectivity index (χ4v) is 7.30. The topological polar surface area (TPSA) is 239 Å². The van der Waals surface area contributed by atoms with E-state index in [1.165, 1.54) is 0 Å². The van der Waals surface area contributed by atoms with Gasteiger partial charge in [0, 0.05) is 64.7 Å². The third kappa shape index (κ3) is 12.2. The molecule has 0 unspecified atom stereocenters. The lowest BCUT2D eigenvalue weighted by Crippen LogP contribution is -2.63. The molecule has 0 spiro atoms. The number of carbonyl (C=O) groups excluding carboxylic acids is 6.